The van der Waals surface area contributed by atoms with E-state index in [1.165, 1.54) is 20.4 Å². The molecule has 0 N–H and O–H groups in total. The molecule has 0 aliphatic carbocycles. The Morgan fingerprint density at radius 2 is 2.00 bits per heavy atom. The van der Waals surface area contributed by atoms with Gasteiger partial charge in [0.25, 0.3) is 5.56 Å². The molecule has 0 bridgehead atoms. The summed E-state index contributed by atoms with van der Waals surface area (Å²) in [5.41, 5.74) is -0.115. The molecule has 0 aliphatic rings. The van der Waals surface area contributed by atoms with Crippen molar-refractivity contribution in [3.05, 3.63) is 34.7 Å². The van der Waals surface area contributed by atoms with Gasteiger partial charge >= 0.3 is 6.03 Å². The molecular weight excluding hydrogens is 194 g/mol. The average Bonchev–Trinajstić information content (AvgIpc) is 2.20. The van der Waals surface area contributed by atoms with Gasteiger partial charge in [0.15, 0.2) is 0 Å². The van der Waals surface area contributed by atoms with Crippen LogP contribution in [0.2, 0.25) is 0 Å². The van der Waals surface area contributed by atoms with Gasteiger partial charge in [-0.05, 0) is 6.07 Å². The minimum Gasteiger partial charge on any atom is -0.331 e. The lowest BCUT2D eigenvalue weighted by atomic mass is 10.5. The van der Waals surface area contributed by atoms with Crippen LogP contribution in [0.3, 0.4) is 0 Å². The molecule has 1 aromatic rings. The number of hydrogen-bond acceptors (Lipinski definition) is 2. The number of amides is 2. The topological polar surface area (TPSA) is 45.6 Å². The van der Waals surface area contributed by atoms with E-state index >= 15 is 0 Å². The Balaban J connectivity index is 2.75. The van der Waals surface area contributed by atoms with Crippen LogP contribution in [0.15, 0.2) is 29.2 Å². The van der Waals surface area contributed by atoms with Crippen LogP contribution in [0.4, 0.5) is 4.79 Å². The fourth-order valence-corrected chi connectivity index (χ4v) is 1.21. The third kappa shape index (κ3) is 2.83. The highest BCUT2D eigenvalue weighted by atomic mass is 16.2. The van der Waals surface area contributed by atoms with Crippen molar-refractivity contribution in [3.8, 4) is 0 Å². The highest BCUT2D eigenvalue weighted by Crippen LogP contribution is 1.93. The molecule has 0 saturated heterocycles. The van der Waals surface area contributed by atoms with Gasteiger partial charge in [0.2, 0.25) is 0 Å². The number of urea groups is 1. The van der Waals surface area contributed by atoms with E-state index < -0.39 is 0 Å². The molecule has 1 aromatic heterocycles. The smallest absolute Gasteiger partial charge is 0.320 e. The lowest BCUT2D eigenvalue weighted by molar-refractivity contribution is 0.169. The molecule has 0 aliphatic heterocycles. The van der Waals surface area contributed by atoms with Crippen LogP contribution in [-0.2, 0) is 6.67 Å². The van der Waals surface area contributed by atoms with E-state index in [2.05, 4.69) is 0 Å². The van der Waals surface area contributed by atoms with E-state index in [1.807, 2.05) is 0 Å². The Hall–Kier alpha value is -1.78. The summed E-state index contributed by atoms with van der Waals surface area (Å²) in [5.74, 6) is 0. The quantitative estimate of drug-likeness (QED) is 0.708. The molecule has 1 heterocycles. The Labute approximate surface area is 88.5 Å². The van der Waals surface area contributed by atoms with Gasteiger partial charge in [-0.3, -0.25) is 9.36 Å². The van der Waals surface area contributed by atoms with Crippen molar-refractivity contribution in [1.29, 1.82) is 0 Å². The van der Waals surface area contributed by atoms with E-state index in [0.29, 0.717) is 0 Å². The highest BCUT2D eigenvalue weighted by molar-refractivity contribution is 5.73. The fraction of sp³-hybridized carbons (Fsp3) is 0.400. The standard InChI is InChI=1S/C10H15N3O2/c1-11(2)10(15)12(3)8-13-7-5-4-6-9(13)14/h4-7H,8H2,1-3H3. The molecular formula is C10H15N3O2. The first kappa shape index (κ1) is 11.3. The van der Waals surface area contributed by atoms with Crippen LogP contribution < -0.4 is 5.56 Å². The molecule has 15 heavy (non-hydrogen) atoms. The Morgan fingerprint density at radius 1 is 1.33 bits per heavy atom. The van der Waals surface area contributed by atoms with Crippen LogP contribution in [0.5, 0.6) is 0 Å². The molecule has 0 aromatic carbocycles. The first-order valence-electron chi connectivity index (χ1n) is 4.60. The van der Waals surface area contributed by atoms with E-state index in [-0.39, 0.29) is 18.3 Å². The first-order valence-corrected chi connectivity index (χ1v) is 4.60. The minimum absolute atomic E-state index is 0.115. The van der Waals surface area contributed by atoms with E-state index in [1.54, 1.807) is 39.5 Å². The second kappa shape index (κ2) is 4.63. The summed E-state index contributed by atoms with van der Waals surface area (Å²) >= 11 is 0. The third-order valence-electron chi connectivity index (χ3n) is 1.97. The van der Waals surface area contributed by atoms with Gasteiger partial charge in [-0.15, -0.1) is 0 Å². The average molecular weight is 209 g/mol. The summed E-state index contributed by atoms with van der Waals surface area (Å²) in [6.07, 6.45) is 1.65. The monoisotopic (exact) mass is 209 g/mol. The summed E-state index contributed by atoms with van der Waals surface area (Å²) < 4.78 is 1.47. The van der Waals surface area contributed by atoms with E-state index in [0.717, 1.165) is 0 Å². The maximum absolute atomic E-state index is 11.5. The molecule has 5 nitrogen and oxygen atoms in total. The lowest BCUT2D eigenvalue weighted by Crippen LogP contribution is -2.39. The van der Waals surface area contributed by atoms with Crippen molar-refractivity contribution in [2.75, 3.05) is 21.1 Å². The van der Waals surface area contributed by atoms with E-state index in [9.17, 15) is 9.59 Å². The van der Waals surface area contributed by atoms with Crippen molar-refractivity contribution < 1.29 is 4.79 Å². The van der Waals surface area contributed by atoms with Crippen molar-refractivity contribution in [1.82, 2.24) is 14.4 Å². The van der Waals surface area contributed by atoms with E-state index in [4.69, 9.17) is 0 Å². The first-order chi connectivity index (χ1) is 7.02. The Morgan fingerprint density at radius 3 is 2.53 bits per heavy atom. The predicted octanol–water partition coefficient (Wildman–Crippen LogP) is 0.419. The van der Waals surface area contributed by atoms with Gasteiger partial charge in [-0.25, -0.2) is 4.79 Å². The summed E-state index contributed by atoms with van der Waals surface area (Å²) in [6.45, 7) is 0.261. The summed E-state index contributed by atoms with van der Waals surface area (Å²) in [4.78, 5) is 25.8. The third-order valence-corrected chi connectivity index (χ3v) is 1.97. The van der Waals surface area contributed by atoms with Crippen molar-refractivity contribution >= 4 is 6.03 Å². The van der Waals surface area contributed by atoms with Crippen molar-refractivity contribution in [2.45, 2.75) is 6.67 Å². The predicted molar refractivity (Wildman–Crippen MR) is 57.5 cm³/mol. The molecule has 0 unspecified atom stereocenters. The van der Waals surface area contributed by atoms with Crippen LogP contribution in [0.25, 0.3) is 0 Å². The number of nitrogens with zero attached hydrogens (tertiary/aromatic N) is 3. The highest BCUT2D eigenvalue weighted by Gasteiger charge is 2.10. The second-order valence-electron chi connectivity index (χ2n) is 3.53. The number of aromatic nitrogens is 1. The van der Waals surface area contributed by atoms with Crippen LogP contribution in [0.1, 0.15) is 0 Å². The summed E-state index contributed by atoms with van der Waals surface area (Å²) in [7, 11) is 5.00. The van der Waals surface area contributed by atoms with Crippen LogP contribution >= 0.6 is 0 Å². The second-order valence-corrected chi connectivity index (χ2v) is 3.53. The zero-order chi connectivity index (χ0) is 11.4. The summed E-state index contributed by atoms with van der Waals surface area (Å²) in [5, 5.41) is 0. The molecule has 2 amide bonds. The Bertz CT molecular complexity index is 398. The largest absolute Gasteiger partial charge is 0.331 e. The van der Waals surface area contributed by atoms with Crippen molar-refractivity contribution in [3.63, 3.8) is 0 Å². The maximum atomic E-state index is 11.5. The Kier molecular flexibility index (Phi) is 3.49. The number of rotatable bonds is 2. The molecule has 0 fully saturated rings. The van der Waals surface area contributed by atoms with Crippen molar-refractivity contribution in [2.24, 2.45) is 0 Å². The van der Waals surface area contributed by atoms with Crippen LogP contribution in [0, 0.1) is 0 Å². The SMILES string of the molecule is CN(C)C(=O)N(C)Cn1ccccc1=O. The van der Waals surface area contributed by atoms with Gasteiger partial charge in [0, 0.05) is 33.4 Å². The number of carbonyl (C=O) groups excluding carboxylic acids is 1. The molecule has 0 saturated carbocycles. The number of carbonyl (C=O) groups is 1. The minimum atomic E-state index is -0.134. The molecule has 0 radical (unpaired) electrons. The molecule has 82 valence electrons. The zero-order valence-corrected chi connectivity index (χ0v) is 9.17. The molecule has 1 rings (SSSR count). The fourth-order valence-electron chi connectivity index (χ4n) is 1.21. The van der Waals surface area contributed by atoms with Gasteiger partial charge < -0.3 is 9.80 Å². The molecule has 0 spiro atoms. The van der Waals surface area contributed by atoms with Gasteiger partial charge in [-0.2, -0.15) is 0 Å². The van der Waals surface area contributed by atoms with Crippen LogP contribution in [-0.4, -0.2) is 41.5 Å². The molecule has 0 atom stereocenters. The molecule has 5 heteroatoms. The normalized spacial score (nSPS) is 9.80. The maximum Gasteiger partial charge on any atom is 0.320 e. The summed E-state index contributed by atoms with van der Waals surface area (Å²) in [6, 6.07) is 4.77. The van der Waals surface area contributed by atoms with Gasteiger partial charge in [0.1, 0.15) is 6.67 Å². The van der Waals surface area contributed by atoms with Gasteiger partial charge in [-0.1, -0.05) is 6.07 Å². The van der Waals surface area contributed by atoms with Gasteiger partial charge in [0.05, 0.1) is 0 Å². The zero-order valence-electron chi connectivity index (χ0n) is 9.17. The number of pyridine rings is 1. The lowest BCUT2D eigenvalue weighted by Gasteiger charge is -2.22. The number of hydrogen-bond donors (Lipinski definition) is 0.